The van der Waals surface area contributed by atoms with Crippen LogP contribution in [-0.2, 0) is 4.74 Å². The van der Waals surface area contributed by atoms with Crippen LogP contribution in [0.25, 0.3) is 5.57 Å². The zero-order valence-electron chi connectivity index (χ0n) is 15.9. The van der Waals surface area contributed by atoms with Gasteiger partial charge in [0, 0.05) is 12.0 Å². The Morgan fingerprint density at radius 3 is 2.44 bits per heavy atom. The Kier molecular flexibility index (Phi) is 6.24. The van der Waals surface area contributed by atoms with Crippen LogP contribution in [0.4, 0.5) is 4.79 Å². The first-order valence-electron chi connectivity index (χ1n) is 8.90. The lowest BCUT2D eigenvalue weighted by molar-refractivity contribution is 0.115. The second-order valence-corrected chi connectivity index (χ2v) is 7.49. The molecule has 0 saturated carbocycles. The van der Waals surface area contributed by atoms with Crippen molar-refractivity contribution in [3.05, 3.63) is 65.8 Å². The highest BCUT2D eigenvalue weighted by atomic mass is 16.6. The highest BCUT2D eigenvalue weighted by Crippen LogP contribution is 2.27. The molecule has 3 heteroatoms. The van der Waals surface area contributed by atoms with Gasteiger partial charge in [0.05, 0.1) is 6.10 Å². The van der Waals surface area contributed by atoms with Crippen LogP contribution in [-0.4, -0.2) is 18.7 Å². The van der Waals surface area contributed by atoms with Gasteiger partial charge in [-0.25, -0.2) is 4.79 Å². The van der Waals surface area contributed by atoms with Gasteiger partial charge in [0.1, 0.15) is 0 Å². The van der Waals surface area contributed by atoms with Gasteiger partial charge < -0.3 is 10.1 Å². The van der Waals surface area contributed by atoms with Crippen LogP contribution < -0.4 is 5.32 Å². The lowest BCUT2D eigenvalue weighted by Gasteiger charge is -2.15. The van der Waals surface area contributed by atoms with E-state index in [0.717, 1.165) is 0 Å². The summed E-state index contributed by atoms with van der Waals surface area (Å²) in [6, 6.07) is 8.54. The smallest absolute Gasteiger partial charge is 0.407 e. The quantitative estimate of drug-likeness (QED) is 0.773. The molecule has 0 spiro atoms. The molecule has 2 rings (SSSR count). The van der Waals surface area contributed by atoms with Crippen LogP contribution in [0.2, 0.25) is 0 Å². The molecule has 0 fully saturated rings. The van der Waals surface area contributed by atoms with Crippen molar-refractivity contribution in [2.24, 2.45) is 5.41 Å². The van der Waals surface area contributed by atoms with E-state index in [1.165, 1.54) is 16.7 Å². The number of amides is 1. The fourth-order valence-electron chi connectivity index (χ4n) is 2.62. The molecule has 0 radical (unpaired) electrons. The standard InChI is InChI=1S/C22H29NO2/c1-16(2)25-21(24)23-15-17(3)18-8-10-20(11-9-18)19-7-6-13-22(4,5)14-12-19/h6-14,16-17H,15H2,1-5H3,(H,23,24). The molecule has 0 saturated heterocycles. The first-order valence-corrected chi connectivity index (χ1v) is 8.90. The average molecular weight is 339 g/mol. The van der Waals surface area contributed by atoms with E-state index in [-0.39, 0.29) is 23.5 Å². The third-order valence-electron chi connectivity index (χ3n) is 4.20. The number of ether oxygens (including phenoxy) is 1. The molecule has 0 aromatic heterocycles. The van der Waals surface area contributed by atoms with Crippen molar-refractivity contribution in [2.75, 3.05) is 6.54 Å². The van der Waals surface area contributed by atoms with E-state index < -0.39 is 0 Å². The summed E-state index contributed by atoms with van der Waals surface area (Å²) in [4.78, 5) is 11.6. The predicted molar refractivity (Wildman–Crippen MR) is 105 cm³/mol. The van der Waals surface area contributed by atoms with Gasteiger partial charge in [-0.1, -0.05) is 75.4 Å². The number of allylic oxidation sites excluding steroid dienone is 6. The van der Waals surface area contributed by atoms with Crippen LogP contribution in [0.1, 0.15) is 51.7 Å². The predicted octanol–water partition coefficient (Wildman–Crippen LogP) is 5.46. The first-order chi connectivity index (χ1) is 11.8. The van der Waals surface area contributed by atoms with Crippen molar-refractivity contribution < 1.29 is 9.53 Å². The maximum Gasteiger partial charge on any atom is 0.407 e. The van der Waals surface area contributed by atoms with Crippen LogP contribution in [0.3, 0.4) is 0 Å². The fourth-order valence-corrected chi connectivity index (χ4v) is 2.62. The molecule has 0 heterocycles. The SMILES string of the molecule is CC(C)OC(=O)NCC(C)c1ccc(C2=CC=CC(C)(C)C=C2)cc1. The summed E-state index contributed by atoms with van der Waals surface area (Å²) in [7, 11) is 0. The maximum absolute atomic E-state index is 11.6. The third kappa shape index (κ3) is 5.93. The minimum Gasteiger partial charge on any atom is -0.447 e. The topological polar surface area (TPSA) is 38.3 Å². The normalized spacial score (nSPS) is 17.0. The molecule has 0 bridgehead atoms. The van der Waals surface area contributed by atoms with E-state index in [2.05, 4.69) is 80.7 Å². The minimum atomic E-state index is -0.360. The Balaban J connectivity index is 1.99. The third-order valence-corrected chi connectivity index (χ3v) is 4.20. The van der Waals surface area contributed by atoms with Crippen molar-refractivity contribution in [1.29, 1.82) is 0 Å². The van der Waals surface area contributed by atoms with E-state index in [1.807, 2.05) is 13.8 Å². The van der Waals surface area contributed by atoms with Crippen molar-refractivity contribution in [3.63, 3.8) is 0 Å². The Morgan fingerprint density at radius 1 is 1.12 bits per heavy atom. The van der Waals surface area contributed by atoms with Crippen LogP contribution in [0, 0.1) is 5.41 Å². The molecule has 3 nitrogen and oxygen atoms in total. The fraction of sp³-hybridized carbons (Fsp3) is 0.409. The number of nitrogens with one attached hydrogen (secondary N) is 1. The van der Waals surface area contributed by atoms with E-state index in [1.54, 1.807) is 0 Å². The number of carbonyl (C=O) groups excluding carboxylic acids is 1. The Hall–Kier alpha value is -2.29. The monoisotopic (exact) mass is 339 g/mol. The number of hydrogen-bond acceptors (Lipinski definition) is 2. The van der Waals surface area contributed by atoms with E-state index in [9.17, 15) is 4.79 Å². The summed E-state index contributed by atoms with van der Waals surface area (Å²) in [5.41, 5.74) is 3.69. The molecule has 1 aromatic carbocycles. The Morgan fingerprint density at radius 2 is 1.80 bits per heavy atom. The van der Waals surface area contributed by atoms with Crippen molar-refractivity contribution in [1.82, 2.24) is 5.32 Å². The molecule has 1 aromatic rings. The van der Waals surface area contributed by atoms with Crippen LogP contribution in [0.5, 0.6) is 0 Å². The number of alkyl carbamates (subject to hydrolysis) is 1. The van der Waals surface area contributed by atoms with Gasteiger partial charge >= 0.3 is 6.09 Å². The molecule has 1 amide bonds. The highest BCUT2D eigenvalue weighted by molar-refractivity contribution is 5.76. The molecule has 25 heavy (non-hydrogen) atoms. The summed E-state index contributed by atoms with van der Waals surface area (Å²) in [5.74, 6) is 0.228. The lowest BCUT2D eigenvalue weighted by atomic mass is 9.92. The summed E-state index contributed by atoms with van der Waals surface area (Å²) in [5, 5.41) is 2.81. The van der Waals surface area contributed by atoms with Crippen molar-refractivity contribution in [2.45, 2.75) is 46.6 Å². The molecular formula is C22H29NO2. The summed E-state index contributed by atoms with van der Waals surface area (Å²) in [6.07, 6.45) is 10.4. The number of hydrogen-bond donors (Lipinski definition) is 1. The Bertz CT molecular complexity index is 678. The molecule has 0 aliphatic heterocycles. The summed E-state index contributed by atoms with van der Waals surface area (Å²) < 4.78 is 5.09. The highest BCUT2D eigenvalue weighted by Gasteiger charge is 2.12. The van der Waals surface area contributed by atoms with E-state index in [0.29, 0.717) is 6.54 Å². The molecule has 1 aliphatic carbocycles. The summed E-state index contributed by atoms with van der Waals surface area (Å²) in [6.45, 7) is 10.7. The van der Waals surface area contributed by atoms with Gasteiger partial charge in [-0.2, -0.15) is 0 Å². The van der Waals surface area contributed by atoms with Crippen molar-refractivity contribution in [3.8, 4) is 0 Å². The molecule has 134 valence electrons. The largest absolute Gasteiger partial charge is 0.447 e. The minimum absolute atomic E-state index is 0.0863. The van der Waals surface area contributed by atoms with Gasteiger partial charge in [-0.3, -0.25) is 0 Å². The zero-order chi connectivity index (χ0) is 18.4. The zero-order valence-corrected chi connectivity index (χ0v) is 15.9. The Labute approximate surface area is 151 Å². The number of benzene rings is 1. The van der Waals surface area contributed by atoms with Crippen LogP contribution >= 0.6 is 0 Å². The molecule has 1 atom stereocenters. The molecular weight excluding hydrogens is 310 g/mol. The maximum atomic E-state index is 11.6. The van der Waals surface area contributed by atoms with Gasteiger partial charge in [-0.15, -0.1) is 0 Å². The average Bonchev–Trinajstić information content (AvgIpc) is 2.73. The molecule has 1 unspecified atom stereocenters. The first kappa shape index (κ1) is 19.0. The number of carbonyl (C=O) groups is 1. The summed E-state index contributed by atoms with van der Waals surface area (Å²) >= 11 is 0. The molecule has 1 aliphatic rings. The lowest BCUT2D eigenvalue weighted by Crippen LogP contribution is -2.30. The number of rotatable bonds is 5. The second kappa shape index (κ2) is 8.19. The second-order valence-electron chi connectivity index (χ2n) is 7.49. The van der Waals surface area contributed by atoms with Gasteiger partial charge in [0.15, 0.2) is 0 Å². The van der Waals surface area contributed by atoms with Crippen molar-refractivity contribution >= 4 is 11.7 Å². The van der Waals surface area contributed by atoms with Gasteiger partial charge in [0.2, 0.25) is 0 Å². The van der Waals surface area contributed by atoms with Gasteiger partial charge in [0.25, 0.3) is 0 Å². The van der Waals surface area contributed by atoms with E-state index >= 15 is 0 Å². The van der Waals surface area contributed by atoms with Gasteiger partial charge in [-0.05, 0) is 36.5 Å². The van der Waals surface area contributed by atoms with E-state index in [4.69, 9.17) is 4.74 Å². The van der Waals surface area contributed by atoms with Crippen LogP contribution in [0.15, 0.2) is 54.6 Å². The molecule has 1 N–H and O–H groups in total.